The molecule has 1 aliphatic heterocycles. The van der Waals surface area contributed by atoms with Crippen molar-refractivity contribution < 1.29 is 32.3 Å². The van der Waals surface area contributed by atoms with Crippen LogP contribution in [0.15, 0.2) is 22.6 Å². The largest absolute Gasteiger partial charge is 0.490 e. The summed E-state index contributed by atoms with van der Waals surface area (Å²) in [6.07, 6.45) is 0.955. The Labute approximate surface area is 134 Å². The van der Waals surface area contributed by atoms with Gasteiger partial charge in [0.1, 0.15) is 5.76 Å². The van der Waals surface area contributed by atoms with Crippen molar-refractivity contribution in [2.75, 3.05) is 13.1 Å². The predicted octanol–water partition coefficient (Wildman–Crippen LogP) is 2.33. The molecule has 0 saturated carbocycles. The highest BCUT2D eigenvalue weighted by Crippen LogP contribution is 2.26. The molecule has 128 valence electrons. The summed E-state index contributed by atoms with van der Waals surface area (Å²) in [6.45, 7) is 3.38. The van der Waals surface area contributed by atoms with Gasteiger partial charge in [0.15, 0.2) is 11.5 Å². The zero-order valence-electron chi connectivity index (χ0n) is 12.1. The minimum absolute atomic E-state index is 0.162. The lowest BCUT2D eigenvalue weighted by Gasteiger charge is -2.24. The van der Waals surface area contributed by atoms with Crippen LogP contribution in [0.1, 0.15) is 19.1 Å². The Morgan fingerprint density at radius 2 is 2.17 bits per heavy atom. The quantitative estimate of drug-likeness (QED) is 0.844. The highest BCUT2D eigenvalue weighted by molar-refractivity contribution is 8.14. The van der Waals surface area contributed by atoms with Crippen LogP contribution in [0.2, 0.25) is 0 Å². The number of rotatable bonds is 2. The summed E-state index contributed by atoms with van der Waals surface area (Å²) in [5.41, 5.74) is 1.20. The predicted molar refractivity (Wildman–Crippen MR) is 77.7 cm³/mol. The molecule has 2 N–H and O–H groups in total. The maximum Gasteiger partial charge on any atom is 0.490 e. The molecule has 2 heterocycles. The Morgan fingerprint density at radius 1 is 1.52 bits per heavy atom. The molecule has 1 aromatic heterocycles. The van der Waals surface area contributed by atoms with Crippen LogP contribution < -0.4 is 5.32 Å². The number of carbonyl (C=O) groups excluding carboxylic acids is 1. The van der Waals surface area contributed by atoms with Crippen molar-refractivity contribution in [1.82, 2.24) is 10.3 Å². The van der Waals surface area contributed by atoms with Crippen molar-refractivity contribution in [2.24, 2.45) is 0 Å². The number of nitrogens with one attached hydrogen (secondary N) is 1. The van der Waals surface area contributed by atoms with E-state index >= 15 is 0 Å². The molecule has 6 nitrogen and oxygen atoms in total. The number of aromatic nitrogens is 1. The number of hydrogen-bond donors (Lipinski definition) is 2. The van der Waals surface area contributed by atoms with Gasteiger partial charge in [0.2, 0.25) is 0 Å². The van der Waals surface area contributed by atoms with Gasteiger partial charge in [-0.05, 0) is 24.6 Å². The van der Waals surface area contributed by atoms with E-state index in [0.717, 1.165) is 25.3 Å². The molecule has 1 atom stereocenters. The number of halogens is 3. The van der Waals surface area contributed by atoms with Gasteiger partial charge in [-0.15, -0.1) is 0 Å². The molecule has 1 aromatic rings. The zero-order valence-corrected chi connectivity index (χ0v) is 12.9. The average molecular weight is 352 g/mol. The molecule has 1 unspecified atom stereocenters. The van der Waals surface area contributed by atoms with Gasteiger partial charge >= 0.3 is 12.1 Å². The summed E-state index contributed by atoms with van der Waals surface area (Å²) in [5, 5.41) is 10.9. The second-order valence-electron chi connectivity index (χ2n) is 4.49. The summed E-state index contributed by atoms with van der Waals surface area (Å²) in [6, 6.07) is 0. The van der Waals surface area contributed by atoms with Gasteiger partial charge in [-0.2, -0.15) is 13.2 Å². The Morgan fingerprint density at radius 3 is 2.65 bits per heavy atom. The first-order chi connectivity index (χ1) is 10.7. The minimum atomic E-state index is -5.08. The third-order valence-corrected chi connectivity index (χ3v) is 3.81. The number of hydrogen-bond acceptors (Lipinski definition) is 6. The lowest BCUT2D eigenvalue weighted by Crippen LogP contribution is -2.32. The van der Waals surface area contributed by atoms with Crippen LogP contribution in [0.4, 0.5) is 13.2 Å². The first-order valence-corrected chi connectivity index (χ1v) is 7.35. The summed E-state index contributed by atoms with van der Waals surface area (Å²) in [5.74, 6) is -2.01. The number of carboxylic acid groups (broad SMARTS) is 1. The van der Waals surface area contributed by atoms with E-state index in [1.165, 1.54) is 23.7 Å². The third kappa shape index (κ3) is 7.33. The average Bonchev–Trinajstić information content (AvgIpc) is 2.93. The fraction of sp³-hybridized carbons (Fsp3) is 0.462. The SMILES string of the molecule is CC(=O)SC1CCNCC1=Cc1cnco1.O=C(O)C(F)(F)F. The van der Waals surface area contributed by atoms with Crippen LogP contribution >= 0.6 is 11.8 Å². The summed E-state index contributed by atoms with van der Waals surface area (Å²) < 4.78 is 36.9. The number of oxazole rings is 1. The summed E-state index contributed by atoms with van der Waals surface area (Å²) in [7, 11) is 0. The highest BCUT2D eigenvalue weighted by Gasteiger charge is 2.38. The highest BCUT2D eigenvalue weighted by atomic mass is 32.2. The fourth-order valence-corrected chi connectivity index (χ4v) is 2.66. The molecule has 10 heteroatoms. The van der Waals surface area contributed by atoms with E-state index in [2.05, 4.69) is 10.3 Å². The minimum Gasteiger partial charge on any atom is -0.475 e. The van der Waals surface area contributed by atoms with E-state index in [4.69, 9.17) is 14.3 Å². The monoisotopic (exact) mass is 352 g/mol. The van der Waals surface area contributed by atoms with Crippen LogP contribution in [-0.2, 0) is 9.59 Å². The molecule has 1 aliphatic rings. The molecule has 0 amide bonds. The topological polar surface area (TPSA) is 92.4 Å². The van der Waals surface area contributed by atoms with E-state index in [1.807, 2.05) is 6.08 Å². The van der Waals surface area contributed by atoms with Gasteiger partial charge in [-0.25, -0.2) is 9.78 Å². The number of nitrogens with zero attached hydrogens (tertiary/aromatic N) is 1. The Bertz CT molecular complexity index is 558. The number of alkyl halides is 3. The van der Waals surface area contributed by atoms with Crippen molar-refractivity contribution in [3.05, 3.63) is 23.9 Å². The molecular weight excluding hydrogens is 337 g/mol. The van der Waals surface area contributed by atoms with Gasteiger partial charge in [-0.3, -0.25) is 4.79 Å². The van der Waals surface area contributed by atoms with E-state index < -0.39 is 12.1 Å². The second kappa shape index (κ2) is 8.73. The second-order valence-corrected chi connectivity index (χ2v) is 5.87. The molecule has 0 radical (unpaired) electrons. The van der Waals surface area contributed by atoms with Crippen molar-refractivity contribution in [2.45, 2.75) is 24.8 Å². The van der Waals surface area contributed by atoms with Crippen LogP contribution in [0.25, 0.3) is 6.08 Å². The first-order valence-electron chi connectivity index (χ1n) is 6.47. The van der Waals surface area contributed by atoms with Crippen LogP contribution in [0.5, 0.6) is 0 Å². The maximum atomic E-state index is 11.1. The van der Waals surface area contributed by atoms with Gasteiger partial charge in [0.05, 0.1) is 6.20 Å². The van der Waals surface area contributed by atoms with E-state index in [1.54, 1.807) is 13.1 Å². The molecule has 0 spiro atoms. The van der Waals surface area contributed by atoms with E-state index in [-0.39, 0.29) is 10.4 Å². The fourth-order valence-electron chi connectivity index (χ4n) is 1.72. The molecule has 0 aromatic carbocycles. The number of carbonyl (C=O) groups is 2. The summed E-state index contributed by atoms with van der Waals surface area (Å²) in [4.78, 5) is 23.9. The molecule has 2 rings (SSSR count). The molecule has 0 aliphatic carbocycles. The standard InChI is InChI=1S/C11H14N2O2S.C2HF3O2/c1-8(14)16-11-2-3-12-5-9(11)4-10-6-13-7-15-10;3-2(4,5)1(6)7/h4,6-7,11-12H,2-3,5H2,1H3;(H,6,7). The van der Waals surface area contributed by atoms with E-state index in [0.29, 0.717) is 0 Å². The summed E-state index contributed by atoms with van der Waals surface area (Å²) >= 11 is 1.40. The maximum absolute atomic E-state index is 11.1. The van der Waals surface area contributed by atoms with Gasteiger partial charge < -0.3 is 14.8 Å². The van der Waals surface area contributed by atoms with Crippen molar-refractivity contribution >= 4 is 28.9 Å². The first kappa shape index (κ1) is 19.2. The lowest BCUT2D eigenvalue weighted by molar-refractivity contribution is -0.192. The van der Waals surface area contributed by atoms with Crippen molar-refractivity contribution in [3.8, 4) is 0 Å². The van der Waals surface area contributed by atoms with Crippen LogP contribution in [-0.4, -0.2) is 45.7 Å². The molecule has 1 fully saturated rings. The Balaban J connectivity index is 0.000000322. The molecule has 1 saturated heterocycles. The smallest absolute Gasteiger partial charge is 0.475 e. The molecule has 0 bridgehead atoms. The third-order valence-electron chi connectivity index (χ3n) is 2.66. The Kier molecular flexibility index (Phi) is 7.30. The van der Waals surface area contributed by atoms with Crippen LogP contribution in [0, 0.1) is 0 Å². The number of piperidine rings is 1. The van der Waals surface area contributed by atoms with Crippen molar-refractivity contribution in [3.63, 3.8) is 0 Å². The van der Waals surface area contributed by atoms with Gasteiger partial charge in [0.25, 0.3) is 0 Å². The normalized spacial score (nSPS) is 19.8. The van der Waals surface area contributed by atoms with Gasteiger partial charge in [-0.1, -0.05) is 11.8 Å². The van der Waals surface area contributed by atoms with Gasteiger partial charge in [0, 0.05) is 18.7 Å². The molecular formula is C13H15F3N2O4S. The molecule has 23 heavy (non-hydrogen) atoms. The zero-order chi connectivity index (χ0) is 17.5. The number of thioether (sulfide) groups is 1. The van der Waals surface area contributed by atoms with E-state index in [9.17, 15) is 18.0 Å². The van der Waals surface area contributed by atoms with Crippen molar-refractivity contribution in [1.29, 1.82) is 0 Å². The number of aliphatic carboxylic acids is 1. The lowest BCUT2D eigenvalue weighted by atomic mass is 10.1. The van der Waals surface area contributed by atoms with Crippen LogP contribution in [0.3, 0.4) is 0 Å². The Hall–Kier alpha value is -1.81. The number of carboxylic acids is 1.